The number of benzene rings is 1. The van der Waals surface area contributed by atoms with Crippen LogP contribution in [0.1, 0.15) is 5.56 Å². The number of halogens is 1. The number of rotatable bonds is 6. The molecule has 0 amide bonds. The molecule has 0 saturated carbocycles. The van der Waals surface area contributed by atoms with Gasteiger partial charge >= 0.3 is 0 Å². The standard InChI is InChI=1S/C13H11FN4O3/c14-9-21-17-13-8-16-7-11(13)6-15-5-10-1-3-12(4-2-10)18(19)20/h1-5,7-8H,6,9H2. The molecule has 0 saturated heterocycles. The molecular formula is C13H11FN4O3. The van der Waals surface area contributed by atoms with Crippen LogP contribution in [0.4, 0.5) is 10.1 Å². The second-order valence-corrected chi connectivity index (χ2v) is 3.97. The van der Waals surface area contributed by atoms with Gasteiger partial charge in [0.1, 0.15) is 5.71 Å². The van der Waals surface area contributed by atoms with E-state index in [4.69, 9.17) is 0 Å². The number of hydrogen-bond acceptors (Lipinski definition) is 6. The summed E-state index contributed by atoms with van der Waals surface area (Å²) >= 11 is 0. The third-order valence-corrected chi connectivity index (χ3v) is 2.57. The minimum atomic E-state index is -1.00. The summed E-state index contributed by atoms with van der Waals surface area (Å²) in [6, 6.07) is 6.01. The van der Waals surface area contributed by atoms with E-state index < -0.39 is 11.8 Å². The highest BCUT2D eigenvalue weighted by Gasteiger charge is 2.09. The normalized spacial score (nSPS) is 15.7. The Hall–Kier alpha value is -2.90. The van der Waals surface area contributed by atoms with Gasteiger partial charge in [-0.25, -0.2) is 4.39 Å². The molecule has 2 rings (SSSR count). The van der Waals surface area contributed by atoms with Crippen LogP contribution in [0.5, 0.6) is 0 Å². The second-order valence-electron chi connectivity index (χ2n) is 3.97. The first-order valence-electron chi connectivity index (χ1n) is 5.93. The lowest BCUT2D eigenvalue weighted by atomic mass is 10.2. The average Bonchev–Trinajstić information content (AvgIpc) is 2.93. The molecule has 108 valence electrons. The average molecular weight is 290 g/mol. The van der Waals surface area contributed by atoms with Crippen LogP contribution in [-0.2, 0) is 4.84 Å². The number of aliphatic imine (C=N–C) groups is 2. The van der Waals surface area contributed by atoms with Crippen LogP contribution in [0, 0.1) is 10.1 Å². The van der Waals surface area contributed by atoms with Gasteiger partial charge in [-0.15, -0.1) is 0 Å². The van der Waals surface area contributed by atoms with E-state index in [1.165, 1.54) is 18.3 Å². The smallest absolute Gasteiger partial charge is 0.269 e. The Balaban J connectivity index is 1.95. The molecule has 1 heterocycles. The number of nitrogens with zero attached hydrogens (tertiary/aromatic N) is 4. The Kier molecular flexibility index (Phi) is 4.86. The Labute approximate surface area is 119 Å². The van der Waals surface area contributed by atoms with E-state index >= 15 is 0 Å². The van der Waals surface area contributed by atoms with Crippen LogP contribution in [0.25, 0.3) is 0 Å². The molecule has 1 aromatic rings. The maximum Gasteiger partial charge on any atom is 0.269 e. The number of hydrogen-bond donors (Lipinski definition) is 0. The SMILES string of the molecule is O=[N+]([O-])c1ccc(C=NCC2=CN=CC2=NOCF)cc1. The minimum absolute atomic E-state index is 0.0249. The zero-order valence-electron chi connectivity index (χ0n) is 10.8. The maximum absolute atomic E-state index is 11.9. The Morgan fingerprint density at radius 1 is 1.38 bits per heavy atom. The molecule has 0 radical (unpaired) electrons. The summed E-state index contributed by atoms with van der Waals surface area (Å²) in [5.41, 5.74) is 1.88. The van der Waals surface area contributed by atoms with Crippen molar-refractivity contribution < 1.29 is 14.2 Å². The highest BCUT2D eigenvalue weighted by molar-refractivity contribution is 6.39. The molecule has 0 spiro atoms. The monoisotopic (exact) mass is 290 g/mol. The van der Waals surface area contributed by atoms with Crippen molar-refractivity contribution in [3.63, 3.8) is 0 Å². The van der Waals surface area contributed by atoms with E-state index in [9.17, 15) is 14.5 Å². The summed E-state index contributed by atoms with van der Waals surface area (Å²) < 4.78 is 11.9. The van der Waals surface area contributed by atoms with Crippen molar-refractivity contribution in [1.82, 2.24) is 0 Å². The summed E-state index contributed by atoms with van der Waals surface area (Å²) in [7, 11) is 0. The van der Waals surface area contributed by atoms with Crippen molar-refractivity contribution in [1.29, 1.82) is 0 Å². The van der Waals surface area contributed by atoms with E-state index in [0.29, 0.717) is 17.8 Å². The van der Waals surface area contributed by atoms with Crippen molar-refractivity contribution in [2.45, 2.75) is 0 Å². The molecule has 1 aliphatic rings. The van der Waals surface area contributed by atoms with Gasteiger partial charge in [-0.05, 0) is 17.7 Å². The predicted molar refractivity (Wildman–Crippen MR) is 76.6 cm³/mol. The molecule has 0 aliphatic carbocycles. The molecule has 7 nitrogen and oxygen atoms in total. The van der Waals surface area contributed by atoms with E-state index in [0.717, 1.165) is 5.56 Å². The maximum atomic E-state index is 11.9. The third kappa shape index (κ3) is 4.03. The summed E-state index contributed by atoms with van der Waals surface area (Å²) in [6.07, 6.45) is 4.59. The van der Waals surface area contributed by atoms with Crippen LogP contribution < -0.4 is 0 Å². The predicted octanol–water partition coefficient (Wildman–Crippen LogP) is 2.28. The molecule has 0 bridgehead atoms. The van der Waals surface area contributed by atoms with Gasteiger partial charge in [0.25, 0.3) is 12.5 Å². The van der Waals surface area contributed by atoms with Crippen LogP contribution in [0.15, 0.2) is 51.2 Å². The lowest BCUT2D eigenvalue weighted by Gasteiger charge is -1.98. The van der Waals surface area contributed by atoms with Gasteiger partial charge in [-0.2, -0.15) is 0 Å². The Morgan fingerprint density at radius 3 is 2.81 bits per heavy atom. The molecule has 0 aromatic heterocycles. The number of non-ortho nitro benzene ring substituents is 1. The van der Waals surface area contributed by atoms with Crippen molar-refractivity contribution in [2.24, 2.45) is 15.1 Å². The third-order valence-electron chi connectivity index (χ3n) is 2.57. The highest BCUT2D eigenvalue weighted by Crippen LogP contribution is 2.11. The van der Waals surface area contributed by atoms with Gasteiger partial charge in [-0.1, -0.05) is 5.16 Å². The van der Waals surface area contributed by atoms with Crippen LogP contribution in [0.3, 0.4) is 0 Å². The van der Waals surface area contributed by atoms with Gasteiger partial charge in [0.2, 0.25) is 0 Å². The fraction of sp³-hybridized carbons (Fsp3) is 0.154. The first-order chi connectivity index (χ1) is 10.2. The van der Waals surface area contributed by atoms with Crippen LogP contribution >= 0.6 is 0 Å². The van der Waals surface area contributed by atoms with Crippen LogP contribution in [-0.4, -0.2) is 36.5 Å². The van der Waals surface area contributed by atoms with Crippen LogP contribution in [0.2, 0.25) is 0 Å². The number of nitro groups is 1. The van der Waals surface area contributed by atoms with Gasteiger partial charge in [-0.3, -0.25) is 20.1 Å². The van der Waals surface area contributed by atoms with E-state index in [1.807, 2.05) is 0 Å². The summed E-state index contributed by atoms with van der Waals surface area (Å²) in [5, 5.41) is 14.1. The zero-order valence-corrected chi connectivity index (χ0v) is 10.8. The molecule has 0 fully saturated rings. The van der Waals surface area contributed by atoms with Crippen molar-refractivity contribution >= 4 is 23.8 Å². The molecular weight excluding hydrogens is 279 g/mol. The van der Waals surface area contributed by atoms with E-state index in [1.54, 1.807) is 24.5 Å². The minimum Gasteiger partial charge on any atom is -0.361 e. The topological polar surface area (TPSA) is 89.5 Å². The van der Waals surface area contributed by atoms with Crippen molar-refractivity contribution in [3.8, 4) is 0 Å². The van der Waals surface area contributed by atoms with Gasteiger partial charge in [0.05, 0.1) is 17.7 Å². The number of oxime groups is 1. The number of nitro benzene ring substituents is 1. The molecule has 21 heavy (non-hydrogen) atoms. The van der Waals surface area contributed by atoms with Gasteiger partial charge in [0, 0.05) is 30.1 Å². The molecule has 1 aliphatic heterocycles. The molecule has 1 aromatic carbocycles. The summed E-state index contributed by atoms with van der Waals surface area (Å²) in [5.74, 6) is 0. The van der Waals surface area contributed by atoms with Crippen molar-refractivity contribution in [2.75, 3.05) is 13.4 Å². The quantitative estimate of drug-likeness (QED) is 0.457. The Bertz CT molecular complexity index is 635. The van der Waals surface area contributed by atoms with Crippen molar-refractivity contribution in [3.05, 3.63) is 51.7 Å². The first kappa shape index (κ1) is 14.5. The summed E-state index contributed by atoms with van der Waals surface area (Å²) in [4.78, 5) is 22.4. The molecule has 8 heteroatoms. The lowest BCUT2D eigenvalue weighted by Crippen LogP contribution is -2.04. The zero-order chi connectivity index (χ0) is 15.1. The highest BCUT2D eigenvalue weighted by atomic mass is 19.1. The molecule has 0 unspecified atom stereocenters. The van der Waals surface area contributed by atoms with Gasteiger partial charge in [0.15, 0.2) is 0 Å². The van der Waals surface area contributed by atoms with Gasteiger partial charge < -0.3 is 4.84 Å². The molecule has 0 N–H and O–H groups in total. The largest absolute Gasteiger partial charge is 0.361 e. The second kappa shape index (κ2) is 7.04. The number of alkyl halides is 1. The van der Waals surface area contributed by atoms with E-state index in [-0.39, 0.29) is 5.69 Å². The molecule has 0 atom stereocenters. The Morgan fingerprint density at radius 2 is 2.14 bits per heavy atom. The summed E-state index contributed by atoms with van der Waals surface area (Å²) in [6.45, 7) is -0.706. The fourth-order valence-electron chi connectivity index (χ4n) is 1.58. The lowest BCUT2D eigenvalue weighted by molar-refractivity contribution is -0.384. The first-order valence-corrected chi connectivity index (χ1v) is 5.93. The fourth-order valence-corrected chi connectivity index (χ4v) is 1.58. The van der Waals surface area contributed by atoms with E-state index in [2.05, 4.69) is 20.0 Å².